The molecule has 0 aliphatic heterocycles. The third kappa shape index (κ3) is 2.99. The van der Waals surface area contributed by atoms with Crippen LogP contribution in [0.25, 0.3) is 0 Å². The Kier molecular flexibility index (Phi) is 4.20. The van der Waals surface area contributed by atoms with Crippen molar-refractivity contribution in [1.29, 1.82) is 0 Å². The Morgan fingerprint density at radius 2 is 1.52 bits per heavy atom. The lowest BCUT2D eigenvalue weighted by atomic mass is 9.75. The Hall–Kier alpha value is -2.94. The van der Waals surface area contributed by atoms with Gasteiger partial charge in [0.05, 0.1) is 5.56 Å². The van der Waals surface area contributed by atoms with Gasteiger partial charge in [-0.25, -0.2) is 4.79 Å². The van der Waals surface area contributed by atoms with Gasteiger partial charge in [-0.2, -0.15) is 0 Å². The molecule has 2 aromatic rings. The minimum Gasteiger partial charge on any atom is -0.389 e. The summed E-state index contributed by atoms with van der Waals surface area (Å²) in [6, 6.07) is 17.9. The second kappa shape index (κ2) is 6.44. The Bertz CT molecular complexity index is 760. The zero-order chi connectivity index (χ0) is 16.1. The standard InChI is InChI=1S/C20H16O3/c21-18(16-10-4-1-5-11-16)23-19(22)20(14-8-3-9-15-20)17-12-6-2-7-13-17/h1-14H,15H2. The quantitative estimate of drug-likeness (QED) is 0.639. The molecule has 0 spiro atoms. The summed E-state index contributed by atoms with van der Waals surface area (Å²) in [7, 11) is 0. The molecule has 0 heterocycles. The molecule has 1 aliphatic carbocycles. The molecule has 1 atom stereocenters. The number of ether oxygens (including phenoxy) is 1. The van der Waals surface area contributed by atoms with E-state index >= 15 is 0 Å². The number of hydrogen-bond donors (Lipinski definition) is 0. The lowest BCUT2D eigenvalue weighted by Gasteiger charge is -2.28. The van der Waals surface area contributed by atoms with Gasteiger partial charge < -0.3 is 4.74 Å². The van der Waals surface area contributed by atoms with Crippen molar-refractivity contribution in [3.63, 3.8) is 0 Å². The predicted octanol–water partition coefficient (Wildman–Crippen LogP) is 3.82. The molecule has 3 heteroatoms. The molecule has 3 nitrogen and oxygen atoms in total. The maximum atomic E-state index is 12.8. The second-order valence-electron chi connectivity index (χ2n) is 5.37. The average Bonchev–Trinajstić information content (AvgIpc) is 2.63. The fourth-order valence-corrected chi connectivity index (χ4v) is 2.65. The first kappa shape index (κ1) is 15.0. The predicted molar refractivity (Wildman–Crippen MR) is 87.9 cm³/mol. The number of rotatable bonds is 3. The van der Waals surface area contributed by atoms with Crippen LogP contribution < -0.4 is 0 Å². The zero-order valence-electron chi connectivity index (χ0n) is 12.5. The summed E-state index contributed by atoms with van der Waals surface area (Å²) >= 11 is 0. The number of carbonyl (C=O) groups excluding carboxylic acids is 2. The molecule has 1 unspecified atom stereocenters. The highest BCUT2D eigenvalue weighted by molar-refractivity contribution is 6.00. The van der Waals surface area contributed by atoms with Gasteiger partial charge in [0.2, 0.25) is 0 Å². The van der Waals surface area contributed by atoms with E-state index in [-0.39, 0.29) is 0 Å². The van der Waals surface area contributed by atoms with E-state index in [1.807, 2.05) is 48.6 Å². The minimum absolute atomic E-state index is 0.361. The van der Waals surface area contributed by atoms with Crippen molar-refractivity contribution in [2.24, 2.45) is 0 Å². The van der Waals surface area contributed by atoms with Crippen LogP contribution in [0, 0.1) is 0 Å². The summed E-state index contributed by atoms with van der Waals surface area (Å²) in [6.07, 6.45) is 7.86. The monoisotopic (exact) mass is 304 g/mol. The molecule has 0 N–H and O–H groups in total. The van der Waals surface area contributed by atoms with Crippen LogP contribution in [-0.4, -0.2) is 11.9 Å². The second-order valence-corrected chi connectivity index (χ2v) is 5.37. The van der Waals surface area contributed by atoms with E-state index in [0.717, 1.165) is 5.56 Å². The Morgan fingerprint density at radius 3 is 2.13 bits per heavy atom. The molecule has 0 radical (unpaired) electrons. The lowest BCUT2D eigenvalue weighted by molar-refractivity contribution is -0.142. The Morgan fingerprint density at radius 1 is 0.870 bits per heavy atom. The van der Waals surface area contributed by atoms with Gasteiger partial charge in [-0.15, -0.1) is 0 Å². The van der Waals surface area contributed by atoms with Gasteiger partial charge in [0.1, 0.15) is 5.41 Å². The number of allylic oxidation sites excluding steroid dienone is 3. The van der Waals surface area contributed by atoms with Gasteiger partial charge in [-0.1, -0.05) is 72.8 Å². The van der Waals surface area contributed by atoms with E-state index in [2.05, 4.69) is 0 Å². The highest BCUT2D eigenvalue weighted by Gasteiger charge is 2.40. The summed E-state index contributed by atoms with van der Waals surface area (Å²) in [6.45, 7) is 0. The SMILES string of the molecule is O=C(OC(=O)C1(c2ccccc2)C=CC=CC1)c1ccccc1. The normalized spacial score (nSPS) is 19.3. The van der Waals surface area contributed by atoms with E-state index in [1.54, 1.807) is 36.4 Å². The number of benzene rings is 2. The first-order chi connectivity index (χ1) is 11.2. The average molecular weight is 304 g/mol. The van der Waals surface area contributed by atoms with Crippen LogP contribution in [0.2, 0.25) is 0 Å². The molecule has 0 bridgehead atoms. The summed E-state index contributed by atoms with van der Waals surface area (Å²) in [5.74, 6) is -1.19. The van der Waals surface area contributed by atoms with E-state index in [9.17, 15) is 9.59 Å². The highest BCUT2D eigenvalue weighted by atomic mass is 16.6. The van der Waals surface area contributed by atoms with Crippen LogP contribution >= 0.6 is 0 Å². The van der Waals surface area contributed by atoms with Crippen LogP contribution in [0.1, 0.15) is 22.3 Å². The van der Waals surface area contributed by atoms with Gasteiger partial charge in [0, 0.05) is 0 Å². The van der Waals surface area contributed by atoms with Crippen LogP contribution in [0.5, 0.6) is 0 Å². The maximum Gasteiger partial charge on any atom is 0.345 e. The van der Waals surface area contributed by atoms with Crippen molar-refractivity contribution in [3.8, 4) is 0 Å². The molecule has 1 aliphatic rings. The van der Waals surface area contributed by atoms with E-state index in [1.165, 1.54) is 0 Å². The Balaban J connectivity index is 1.89. The highest BCUT2D eigenvalue weighted by Crippen LogP contribution is 2.34. The molecule has 0 saturated heterocycles. The fourth-order valence-electron chi connectivity index (χ4n) is 2.65. The molecule has 3 rings (SSSR count). The van der Waals surface area contributed by atoms with Gasteiger partial charge in [0.25, 0.3) is 0 Å². The number of hydrogen-bond acceptors (Lipinski definition) is 3. The van der Waals surface area contributed by atoms with Crippen molar-refractivity contribution < 1.29 is 14.3 Å². The summed E-state index contributed by atoms with van der Waals surface area (Å²) in [5, 5.41) is 0. The van der Waals surface area contributed by atoms with Gasteiger partial charge >= 0.3 is 11.9 Å². The first-order valence-electron chi connectivity index (χ1n) is 7.44. The third-order valence-electron chi connectivity index (χ3n) is 3.92. The first-order valence-corrected chi connectivity index (χ1v) is 7.44. The molecule has 0 saturated carbocycles. The van der Waals surface area contributed by atoms with Crippen molar-refractivity contribution in [1.82, 2.24) is 0 Å². The maximum absolute atomic E-state index is 12.8. The molecule has 0 aromatic heterocycles. The topological polar surface area (TPSA) is 43.4 Å². The molecule has 0 amide bonds. The van der Waals surface area contributed by atoms with Gasteiger partial charge in [0.15, 0.2) is 0 Å². The van der Waals surface area contributed by atoms with Crippen LogP contribution in [0.3, 0.4) is 0 Å². The number of esters is 2. The molecular weight excluding hydrogens is 288 g/mol. The third-order valence-corrected chi connectivity index (χ3v) is 3.92. The molecule has 0 fully saturated rings. The van der Waals surface area contributed by atoms with Crippen LogP contribution in [0.15, 0.2) is 85.0 Å². The van der Waals surface area contributed by atoms with Crippen LogP contribution in [-0.2, 0) is 14.9 Å². The van der Waals surface area contributed by atoms with E-state index in [0.29, 0.717) is 12.0 Å². The minimum atomic E-state index is -0.958. The molecular formula is C20H16O3. The zero-order valence-corrected chi connectivity index (χ0v) is 12.5. The summed E-state index contributed by atoms with van der Waals surface area (Å²) in [4.78, 5) is 25.0. The van der Waals surface area contributed by atoms with Crippen LogP contribution in [0.4, 0.5) is 0 Å². The molecule has 2 aromatic carbocycles. The smallest absolute Gasteiger partial charge is 0.345 e. The summed E-state index contributed by atoms with van der Waals surface area (Å²) < 4.78 is 5.17. The fraction of sp³-hybridized carbons (Fsp3) is 0.100. The lowest BCUT2D eigenvalue weighted by Crippen LogP contribution is -2.37. The van der Waals surface area contributed by atoms with Gasteiger partial charge in [-0.3, -0.25) is 4.79 Å². The number of carbonyl (C=O) groups is 2. The largest absolute Gasteiger partial charge is 0.389 e. The van der Waals surface area contributed by atoms with E-state index in [4.69, 9.17) is 4.74 Å². The van der Waals surface area contributed by atoms with Gasteiger partial charge in [-0.05, 0) is 24.1 Å². The van der Waals surface area contributed by atoms with Crippen molar-refractivity contribution in [3.05, 3.63) is 96.1 Å². The summed E-state index contributed by atoms with van der Waals surface area (Å²) in [5.41, 5.74) is 0.214. The molecule has 114 valence electrons. The Labute approximate surface area is 134 Å². The van der Waals surface area contributed by atoms with Crippen molar-refractivity contribution >= 4 is 11.9 Å². The van der Waals surface area contributed by atoms with E-state index < -0.39 is 17.4 Å². The molecule has 23 heavy (non-hydrogen) atoms. The van der Waals surface area contributed by atoms with Crippen molar-refractivity contribution in [2.45, 2.75) is 11.8 Å². The van der Waals surface area contributed by atoms with Crippen molar-refractivity contribution in [2.75, 3.05) is 0 Å².